The van der Waals surface area contributed by atoms with Crippen LogP contribution in [0, 0.1) is 0 Å². The number of ether oxygens (including phenoxy) is 3. The lowest BCUT2D eigenvalue weighted by atomic mass is 10.2. The van der Waals surface area contributed by atoms with Crippen molar-refractivity contribution in [2.24, 2.45) is 0 Å². The average Bonchev–Trinajstić information content (AvgIpc) is 2.46. The normalized spacial score (nSPS) is 10.9. The quantitative estimate of drug-likeness (QED) is 0.515. The van der Waals surface area contributed by atoms with E-state index in [1.54, 1.807) is 7.11 Å². The molecule has 6 nitrogen and oxygen atoms in total. The Bertz CT molecular complexity index is 455. The van der Waals surface area contributed by atoms with Gasteiger partial charge in [0.05, 0.1) is 17.8 Å². The van der Waals surface area contributed by atoms with Crippen molar-refractivity contribution in [3.8, 4) is 0 Å². The van der Waals surface area contributed by atoms with Gasteiger partial charge >= 0.3 is 5.97 Å². The van der Waals surface area contributed by atoms with Crippen LogP contribution in [-0.2, 0) is 14.2 Å². The molecule has 0 fully saturated rings. The van der Waals surface area contributed by atoms with Gasteiger partial charge in [-0.25, -0.2) is 14.8 Å². The van der Waals surface area contributed by atoms with Crippen molar-refractivity contribution in [1.29, 1.82) is 0 Å². The highest BCUT2D eigenvalue weighted by atomic mass is 35.5. The molecule has 1 aromatic rings. The Morgan fingerprint density at radius 2 is 2.05 bits per heavy atom. The summed E-state index contributed by atoms with van der Waals surface area (Å²) in [6.07, 6.45) is 2.22. The molecular weight excluding hydrogens is 296 g/mol. The number of methoxy groups -OCH3 is 1. The molecule has 0 radical (unpaired) electrons. The van der Waals surface area contributed by atoms with Crippen LogP contribution in [-0.4, -0.2) is 49.5 Å². The maximum absolute atomic E-state index is 11.9. The minimum absolute atomic E-state index is 0.0924. The van der Waals surface area contributed by atoms with Gasteiger partial charge in [0.25, 0.3) is 0 Å². The topological polar surface area (TPSA) is 70.5 Å². The summed E-state index contributed by atoms with van der Waals surface area (Å²) < 4.78 is 15.3. The molecule has 0 aliphatic carbocycles. The number of aromatic nitrogens is 2. The number of nitrogens with zero attached hydrogens (tertiary/aromatic N) is 2. The van der Waals surface area contributed by atoms with E-state index in [4.69, 9.17) is 25.8 Å². The Kier molecular flexibility index (Phi) is 8.19. The molecule has 0 amide bonds. The standard InChI is InChI=1S/C14H21ClN2O4/c1-10(2)13-16-9-11(15)12(17-13)14(18)21-8-7-20-6-4-5-19-3/h9-10H,4-8H2,1-3H3. The second-order valence-corrected chi connectivity index (χ2v) is 5.08. The number of carbonyl (C=O) groups is 1. The second-order valence-electron chi connectivity index (χ2n) is 4.67. The average molecular weight is 317 g/mol. The van der Waals surface area contributed by atoms with E-state index < -0.39 is 5.97 Å². The van der Waals surface area contributed by atoms with Gasteiger partial charge in [-0.1, -0.05) is 25.4 Å². The molecule has 0 atom stereocenters. The first-order chi connectivity index (χ1) is 10.1. The fourth-order valence-corrected chi connectivity index (χ4v) is 1.64. The molecule has 1 heterocycles. The molecular formula is C14H21ClN2O4. The third-order valence-corrected chi connectivity index (χ3v) is 2.85. The van der Waals surface area contributed by atoms with E-state index in [0.29, 0.717) is 25.6 Å². The molecule has 21 heavy (non-hydrogen) atoms. The Hall–Kier alpha value is -1.24. The van der Waals surface area contributed by atoms with Crippen LogP contribution >= 0.6 is 11.6 Å². The number of halogens is 1. The van der Waals surface area contributed by atoms with Gasteiger partial charge in [-0.2, -0.15) is 0 Å². The Morgan fingerprint density at radius 3 is 2.71 bits per heavy atom. The van der Waals surface area contributed by atoms with Gasteiger partial charge in [0.15, 0.2) is 5.69 Å². The zero-order valence-corrected chi connectivity index (χ0v) is 13.4. The maximum atomic E-state index is 11.9. The van der Waals surface area contributed by atoms with Crippen LogP contribution in [0.15, 0.2) is 6.20 Å². The molecule has 0 bridgehead atoms. The second kappa shape index (κ2) is 9.65. The van der Waals surface area contributed by atoms with Crippen molar-refractivity contribution < 1.29 is 19.0 Å². The number of esters is 1. The molecule has 0 unspecified atom stereocenters. The monoisotopic (exact) mass is 316 g/mol. The lowest BCUT2D eigenvalue weighted by Crippen LogP contribution is -2.15. The van der Waals surface area contributed by atoms with E-state index in [2.05, 4.69) is 9.97 Å². The summed E-state index contributed by atoms with van der Waals surface area (Å²) in [5.74, 6) is 0.102. The van der Waals surface area contributed by atoms with Crippen molar-refractivity contribution in [3.63, 3.8) is 0 Å². The fraction of sp³-hybridized carbons (Fsp3) is 0.643. The van der Waals surface area contributed by atoms with Gasteiger partial charge in [-0.3, -0.25) is 0 Å². The summed E-state index contributed by atoms with van der Waals surface area (Å²) >= 11 is 5.92. The molecule has 0 spiro atoms. The first-order valence-electron chi connectivity index (χ1n) is 6.82. The van der Waals surface area contributed by atoms with Crippen LogP contribution in [0.2, 0.25) is 5.02 Å². The third-order valence-electron chi connectivity index (χ3n) is 2.57. The van der Waals surface area contributed by atoms with Crippen molar-refractivity contribution in [2.75, 3.05) is 33.5 Å². The van der Waals surface area contributed by atoms with E-state index in [1.807, 2.05) is 13.8 Å². The minimum atomic E-state index is -0.565. The molecule has 118 valence electrons. The van der Waals surface area contributed by atoms with Crippen LogP contribution in [0.25, 0.3) is 0 Å². The van der Waals surface area contributed by atoms with E-state index in [0.717, 1.165) is 6.42 Å². The summed E-state index contributed by atoms with van der Waals surface area (Å²) in [5.41, 5.74) is 0.0924. The number of carbonyl (C=O) groups excluding carboxylic acids is 1. The highest BCUT2D eigenvalue weighted by Crippen LogP contribution is 2.17. The summed E-state index contributed by atoms with van der Waals surface area (Å²) in [7, 11) is 1.64. The van der Waals surface area contributed by atoms with Crippen molar-refractivity contribution in [3.05, 3.63) is 22.7 Å². The summed E-state index contributed by atoms with van der Waals surface area (Å²) in [4.78, 5) is 20.1. The van der Waals surface area contributed by atoms with Gasteiger partial charge < -0.3 is 14.2 Å². The zero-order valence-electron chi connectivity index (χ0n) is 12.6. The van der Waals surface area contributed by atoms with Gasteiger partial charge in [0, 0.05) is 26.2 Å². The van der Waals surface area contributed by atoms with Crippen LogP contribution in [0.3, 0.4) is 0 Å². The molecule has 0 saturated carbocycles. The first-order valence-corrected chi connectivity index (χ1v) is 7.20. The van der Waals surface area contributed by atoms with E-state index in [9.17, 15) is 4.79 Å². The van der Waals surface area contributed by atoms with Crippen LogP contribution in [0.5, 0.6) is 0 Å². The fourth-order valence-electron chi connectivity index (χ4n) is 1.47. The predicted octanol–water partition coefficient (Wildman–Crippen LogP) is 2.46. The maximum Gasteiger partial charge on any atom is 0.358 e. The van der Waals surface area contributed by atoms with E-state index in [-0.39, 0.29) is 23.2 Å². The van der Waals surface area contributed by atoms with Crippen molar-refractivity contribution >= 4 is 17.6 Å². The van der Waals surface area contributed by atoms with Gasteiger partial charge in [-0.05, 0) is 6.42 Å². The SMILES string of the molecule is COCCCOCCOC(=O)c1nc(C(C)C)ncc1Cl. The van der Waals surface area contributed by atoms with Crippen molar-refractivity contribution in [2.45, 2.75) is 26.2 Å². The van der Waals surface area contributed by atoms with E-state index in [1.165, 1.54) is 6.20 Å². The molecule has 0 aromatic carbocycles. The molecule has 1 rings (SSSR count). The molecule has 0 aliphatic rings. The Morgan fingerprint density at radius 1 is 1.29 bits per heavy atom. The van der Waals surface area contributed by atoms with Gasteiger partial charge in [-0.15, -0.1) is 0 Å². The number of hydrogen-bond acceptors (Lipinski definition) is 6. The van der Waals surface area contributed by atoms with Gasteiger partial charge in [0.1, 0.15) is 12.4 Å². The molecule has 1 aromatic heterocycles. The first kappa shape index (κ1) is 17.8. The highest BCUT2D eigenvalue weighted by Gasteiger charge is 2.16. The van der Waals surface area contributed by atoms with Crippen molar-refractivity contribution in [1.82, 2.24) is 9.97 Å². The molecule has 0 N–H and O–H groups in total. The third kappa shape index (κ3) is 6.37. The molecule has 0 saturated heterocycles. The smallest absolute Gasteiger partial charge is 0.358 e. The number of rotatable bonds is 9. The minimum Gasteiger partial charge on any atom is -0.458 e. The van der Waals surface area contributed by atoms with Crippen LogP contribution in [0.4, 0.5) is 0 Å². The highest BCUT2D eigenvalue weighted by molar-refractivity contribution is 6.33. The van der Waals surface area contributed by atoms with E-state index >= 15 is 0 Å². The lowest BCUT2D eigenvalue weighted by Gasteiger charge is -2.09. The summed E-state index contributed by atoms with van der Waals surface area (Å²) in [6, 6.07) is 0. The van der Waals surface area contributed by atoms with Crippen LogP contribution in [0.1, 0.15) is 42.5 Å². The number of hydrogen-bond donors (Lipinski definition) is 0. The Labute approximate surface area is 129 Å². The molecule has 0 aliphatic heterocycles. The van der Waals surface area contributed by atoms with Gasteiger partial charge in [0.2, 0.25) is 0 Å². The predicted molar refractivity (Wildman–Crippen MR) is 78.7 cm³/mol. The van der Waals surface area contributed by atoms with Crippen LogP contribution < -0.4 is 0 Å². The lowest BCUT2D eigenvalue weighted by molar-refractivity contribution is 0.0282. The zero-order chi connectivity index (χ0) is 15.7. The molecule has 7 heteroatoms. The Balaban J connectivity index is 2.40. The summed E-state index contributed by atoms with van der Waals surface area (Å²) in [5, 5.41) is 0.186. The largest absolute Gasteiger partial charge is 0.458 e. The summed E-state index contributed by atoms with van der Waals surface area (Å²) in [6.45, 7) is 5.57.